The molecule has 0 saturated carbocycles. The molecule has 0 aromatic carbocycles. The summed E-state index contributed by atoms with van der Waals surface area (Å²) >= 11 is 0. The summed E-state index contributed by atoms with van der Waals surface area (Å²) in [6.07, 6.45) is 6.58. The Hall–Kier alpha value is -1.13. The molecule has 0 aliphatic carbocycles. The van der Waals surface area contributed by atoms with Gasteiger partial charge in [0.2, 0.25) is 0 Å². The van der Waals surface area contributed by atoms with Crippen molar-refractivity contribution in [3.8, 4) is 0 Å². The first-order valence-corrected chi connectivity index (χ1v) is 6.81. The summed E-state index contributed by atoms with van der Waals surface area (Å²) in [5.41, 5.74) is 7.81. The first-order valence-electron chi connectivity index (χ1n) is 6.81. The number of aliphatic hydroxyl groups excluding tert-OH is 1. The molecule has 1 aliphatic rings. The molecule has 0 spiro atoms. The van der Waals surface area contributed by atoms with Crippen LogP contribution in [0.15, 0.2) is 18.3 Å². The molecule has 18 heavy (non-hydrogen) atoms. The molecule has 1 aromatic heterocycles. The minimum absolute atomic E-state index is 0.0307. The summed E-state index contributed by atoms with van der Waals surface area (Å²) in [6, 6.07) is 4.26. The smallest absolute Gasteiger partial charge is 0.0635 e. The van der Waals surface area contributed by atoms with Crippen LogP contribution in [0.2, 0.25) is 0 Å². The van der Waals surface area contributed by atoms with Crippen LogP contribution in [0, 0.1) is 0 Å². The Balaban J connectivity index is 2.16. The van der Waals surface area contributed by atoms with Gasteiger partial charge >= 0.3 is 0 Å². The van der Waals surface area contributed by atoms with Gasteiger partial charge in [0.15, 0.2) is 0 Å². The fraction of sp³-hybridized carbons (Fsp3) is 0.643. The van der Waals surface area contributed by atoms with E-state index in [0.717, 1.165) is 24.3 Å². The molecule has 1 aromatic rings. The quantitative estimate of drug-likeness (QED) is 0.858. The van der Waals surface area contributed by atoms with Gasteiger partial charge in [-0.2, -0.15) is 0 Å². The lowest BCUT2D eigenvalue weighted by molar-refractivity contribution is 0.255. The zero-order chi connectivity index (χ0) is 13.0. The zero-order valence-electron chi connectivity index (χ0n) is 11.0. The van der Waals surface area contributed by atoms with Gasteiger partial charge in [0.1, 0.15) is 0 Å². The van der Waals surface area contributed by atoms with Crippen LogP contribution >= 0.6 is 0 Å². The van der Waals surface area contributed by atoms with Crippen molar-refractivity contribution in [1.29, 1.82) is 0 Å². The standard InChI is InChI=1S/C14H23N3O/c1-11(15)14-7-6-12(9-16-14)17-8-4-2-3-5-13(17)10-18/h6-7,9,11,13,18H,2-5,8,10,15H2,1H3/t11-,13?/m1/s1. The van der Waals surface area contributed by atoms with Gasteiger partial charge in [-0.05, 0) is 31.9 Å². The minimum Gasteiger partial charge on any atom is -0.394 e. The topological polar surface area (TPSA) is 62.4 Å². The molecule has 2 heterocycles. The predicted octanol–water partition coefficient (Wildman–Crippen LogP) is 1.84. The molecular formula is C14H23N3O. The number of anilines is 1. The Bertz CT molecular complexity index is 364. The van der Waals surface area contributed by atoms with Gasteiger partial charge in [-0.15, -0.1) is 0 Å². The second-order valence-electron chi connectivity index (χ2n) is 5.11. The van der Waals surface area contributed by atoms with Crippen molar-refractivity contribution >= 4 is 5.69 Å². The van der Waals surface area contributed by atoms with Crippen molar-refractivity contribution in [3.63, 3.8) is 0 Å². The van der Waals surface area contributed by atoms with Crippen LogP contribution in [0.3, 0.4) is 0 Å². The number of rotatable bonds is 3. The van der Waals surface area contributed by atoms with E-state index in [1.165, 1.54) is 19.3 Å². The van der Waals surface area contributed by atoms with E-state index in [1.54, 1.807) is 0 Å². The predicted molar refractivity (Wildman–Crippen MR) is 73.5 cm³/mol. The molecule has 0 bridgehead atoms. The number of nitrogens with two attached hydrogens (primary N) is 1. The van der Waals surface area contributed by atoms with Crippen molar-refractivity contribution in [3.05, 3.63) is 24.0 Å². The van der Waals surface area contributed by atoms with Crippen LogP contribution in [0.4, 0.5) is 5.69 Å². The Morgan fingerprint density at radius 3 is 2.89 bits per heavy atom. The third-order valence-corrected chi connectivity index (χ3v) is 3.66. The summed E-state index contributed by atoms with van der Waals surface area (Å²) in [6.45, 7) is 3.16. The fourth-order valence-electron chi connectivity index (χ4n) is 2.54. The highest BCUT2D eigenvalue weighted by molar-refractivity contribution is 5.46. The molecule has 1 aliphatic heterocycles. The SMILES string of the molecule is C[C@@H](N)c1ccc(N2CCCCCC2CO)cn1. The van der Waals surface area contributed by atoms with E-state index in [-0.39, 0.29) is 18.7 Å². The van der Waals surface area contributed by atoms with E-state index < -0.39 is 0 Å². The summed E-state index contributed by atoms with van der Waals surface area (Å²) < 4.78 is 0. The molecule has 3 N–H and O–H groups in total. The molecule has 2 atom stereocenters. The first kappa shape index (κ1) is 13.3. The van der Waals surface area contributed by atoms with Crippen molar-refractivity contribution in [2.45, 2.75) is 44.7 Å². The summed E-state index contributed by atoms with van der Waals surface area (Å²) in [5, 5.41) is 9.51. The van der Waals surface area contributed by atoms with Crippen molar-refractivity contribution in [2.75, 3.05) is 18.1 Å². The van der Waals surface area contributed by atoms with Crippen molar-refractivity contribution < 1.29 is 5.11 Å². The Labute approximate surface area is 109 Å². The largest absolute Gasteiger partial charge is 0.394 e. The Morgan fingerprint density at radius 1 is 1.44 bits per heavy atom. The maximum absolute atomic E-state index is 9.51. The average Bonchev–Trinajstić information content (AvgIpc) is 2.63. The average molecular weight is 249 g/mol. The van der Waals surface area contributed by atoms with Crippen LogP contribution in [0.25, 0.3) is 0 Å². The minimum atomic E-state index is -0.0307. The number of hydrogen-bond acceptors (Lipinski definition) is 4. The van der Waals surface area contributed by atoms with Crippen LogP contribution in [0.1, 0.15) is 44.3 Å². The lowest BCUT2D eigenvalue weighted by Gasteiger charge is -2.30. The summed E-state index contributed by atoms with van der Waals surface area (Å²) in [5.74, 6) is 0. The number of aliphatic hydroxyl groups is 1. The van der Waals surface area contributed by atoms with Crippen LogP contribution < -0.4 is 10.6 Å². The van der Waals surface area contributed by atoms with Crippen LogP contribution in [0.5, 0.6) is 0 Å². The van der Waals surface area contributed by atoms with E-state index in [0.29, 0.717) is 0 Å². The second-order valence-corrected chi connectivity index (χ2v) is 5.11. The fourth-order valence-corrected chi connectivity index (χ4v) is 2.54. The third-order valence-electron chi connectivity index (χ3n) is 3.66. The summed E-state index contributed by atoms with van der Waals surface area (Å²) in [4.78, 5) is 6.69. The molecule has 4 nitrogen and oxygen atoms in total. The molecule has 0 amide bonds. The molecule has 0 radical (unpaired) electrons. The van der Waals surface area contributed by atoms with Crippen molar-refractivity contribution in [1.82, 2.24) is 4.98 Å². The van der Waals surface area contributed by atoms with Gasteiger partial charge in [-0.3, -0.25) is 4.98 Å². The highest BCUT2D eigenvalue weighted by Gasteiger charge is 2.20. The number of hydrogen-bond donors (Lipinski definition) is 2. The second kappa shape index (κ2) is 6.16. The molecule has 1 fully saturated rings. The molecule has 1 unspecified atom stereocenters. The van der Waals surface area contributed by atoms with Crippen LogP contribution in [-0.2, 0) is 0 Å². The van der Waals surface area contributed by atoms with E-state index in [2.05, 4.69) is 16.0 Å². The Morgan fingerprint density at radius 2 is 2.28 bits per heavy atom. The van der Waals surface area contributed by atoms with Gasteiger partial charge in [-0.1, -0.05) is 12.8 Å². The van der Waals surface area contributed by atoms with Gasteiger partial charge < -0.3 is 15.7 Å². The summed E-state index contributed by atoms with van der Waals surface area (Å²) in [7, 11) is 0. The molecule has 1 saturated heterocycles. The van der Waals surface area contributed by atoms with Gasteiger partial charge in [-0.25, -0.2) is 0 Å². The Kier molecular flexibility index (Phi) is 4.55. The van der Waals surface area contributed by atoms with E-state index >= 15 is 0 Å². The zero-order valence-corrected chi connectivity index (χ0v) is 11.0. The normalized spacial score (nSPS) is 22.6. The first-order chi connectivity index (χ1) is 8.72. The van der Waals surface area contributed by atoms with Gasteiger partial charge in [0.25, 0.3) is 0 Å². The molecule has 2 rings (SSSR count). The number of nitrogens with zero attached hydrogens (tertiary/aromatic N) is 2. The third kappa shape index (κ3) is 3.00. The lowest BCUT2D eigenvalue weighted by atomic mass is 10.1. The van der Waals surface area contributed by atoms with Crippen LogP contribution in [-0.4, -0.2) is 29.3 Å². The highest BCUT2D eigenvalue weighted by Crippen LogP contribution is 2.24. The van der Waals surface area contributed by atoms with E-state index in [9.17, 15) is 5.11 Å². The lowest BCUT2D eigenvalue weighted by Crippen LogP contribution is -2.37. The van der Waals surface area contributed by atoms with E-state index in [1.807, 2.05) is 19.2 Å². The maximum atomic E-state index is 9.51. The van der Waals surface area contributed by atoms with Crippen molar-refractivity contribution in [2.24, 2.45) is 5.73 Å². The molecular weight excluding hydrogens is 226 g/mol. The maximum Gasteiger partial charge on any atom is 0.0635 e. The van der Waals surface area contributed by atoms with Gasteiger partial charge in [0, 0.05) is 12.6 Å². The number of aromatic nitrogens is 1. The molecule has 100 valence electrons. The molecule has 4 heteroatoms. The van der Waals surface area contributed by atoms with E-state index in [4.69, 9.17) is 5.73 Å². The monoisotopic (exact) mass is 249 g/mol. The van der Waals surface area contributed by atoms with Gasteiger partial charge in [0.05, 0.1) is 30.2 Å². The number of pyridine rings is 1. The highest BCUT2D eigenvalue weighted by atomic mass is 16.3.